The minimum Gasteiger partial charge on any atom is -0.341 e. The van der Waals surface area contributed by atoms with Gasteiger partial charge in [0.05, 0.1) is 11.4 Å². The quantitative estimate of drug-likeness (QED) is 0.477. The Balaban J connectivity index is 1.57. The van der Waals surface area contributed by atoms with Crippen molar-refractivity contribution in [1.29, 1.82) is 0 Å². The highest BCUT2D eigenvalue weighted by Crippen LogP contribution is 2.30. The van der Waals surface area contributed by atoms with Crippen LogP contribution in [0, 0.1) is 18.8 Å². The highest BCUT2D eigenvalue weighted by atomic mass is 32.2. The lowest BCUT2D eigenvalue weighted by atomic mass is 9.92. The fourth-order valence-corrected chi connectivity index (χ4v) is 5.65. The number of rotatable bonds is 5. The van der Waals surface area contributed by atoms with Crippen LogP contribution in [0.15, 0.2) is 59.2 Å². The molecule has 0 radical (unpaired) electrons. The molecule has 0 bridgehead atoms. The van der Waals surface area contributed by atoms with Crippen molar-refractivity contribution >= 4 is 40.5 Å². The molecule has 2 aliphatic rings. The Morgan fingerprint density at radius 1 is 1.06 bits per heavy atom. The van der Waals surface area contributed by atoms with Crippen LogP contribution in [0.4, 0.5) is 5.69 Å². The fourth-order valence-electron chi connectivity index (χ4n) is 4.73. The third-order valence-electron chi connectivity index (χ3n) is 6.57. The normalized spacial score (nSPS) is 21.7. The molecule has 2 heterocycles. The number of nitrogens with zero attached hydrogens (tertiary/aromatic N) is 3. The van der Waals surface area contributed by atoms with Crippen molar-refractivity contribution in [1.82, 2.24) is 4.90 Å². The molecule has 35 heavy (non-hydrogen) atoms. The van der Waals surface area contributed by atoms with Gasteiger partial charge in [0.1, 0.15) is 5.70 Å². The number of carbonyl (C=O) groups excluding carboxylic acids is 2. The first kappa shape index (κ1) is 25.2. The van der Waals surface area contributed by atoms with Crippen molar-refractivity contribution in [2.24, 2.45) is 16.8 Å². The van der Waals surface area contributed by atoms with E-state index in [-0.39, 0.29) is 17.6 Å². The first-order valence-electron chi connectivity index (χ1n) is 12.4. The summed E-state index contributed by atoms with van der Waals surface area (Å²) in [5.41, 5.74) is 4.46. The zero-order valence-electron chi connectivity index (χ0n) is 21.3. The van der Waals surface area contributed by atoms with Crippen LogP contribution >= 0.6 is 11.8 Å². The van der Waals surface area contributed by atoms with Crippen LogP contribution in [-0.4, -0.2) is 40.7 Å². The summed E-state index contributed by atoms with van der Waals surface area (Å²) in [6.45, 7) is 12.3. The molecule has 0 saturated carbocycles. The molecule has 2 unspecified atom stereocenters. The second-order valence-electron chi connectivity index (χ2n) is 10.3. The van der Waals surface area contributed by atoms with Crippen molar-refractivity contribution in [2.75, 3.05) is 23.7 Å². The number of hydrogen-bond acceptors (Lipinski definition) is 4. The second-order valence-corrected chi connectivity index (χ2v) is 11.2. The number of carbonyl (C=O) groups is 2. The Hall–Kier alpha value is -2.86. The standard InChI is InChI=1S/C29H35N3O2S/c1-19(2)24-10-8-23(9-11-24)15-26-28(34)32(25-12-6-20(3)7-13-25)29(30-26)35-18-27(33)31-16-21(4)14-22(5)17-31/h6-13,15,19,21-22H,14,16-18H2,1-5H3. The Kier molecular flexibility index (Phi) is 7.80. The summed E-state index contributed by atoms with van der Waals surface area (Å²) in [5.74, 6) is 1.68. The lowest BCUT2D eigenvalue weighted by Gasteiger charge is -2.35. The van der Waals surface area contributed by atoms with Crippen molar-refractivity contribution in [3.8, 4) is 0 Å². The van der Waals surface area contributed by atoms with Gasteiger partial charge in [-0.2, -0.15) is 0 Å². The van der Waals surface area contributed by atoms with Gasteiger partial charge < -0.3 is 4.90 Å². The minimum atomic E-state index is -0.169. The van der Waals surface area contributed by atoms with E-state index >= 15 is 0 Å². The van der Waals surface area contributed by atoms with Gasteiger partial charge >= 0.3 is 0 Å². The van der Waals surface area contributed by atoms with Gasteiger partial charge in [-0.05, 0) is 60.4 Å². The van der Waals surface area contributed by atoms with E-state index in [4.69, 9.17) is 4.99 Å². The first-order valence-corrected chi connectivity index (χ1v) is 13.4. The zero-order valence-corrected chi connectivity index (χ0v) is 22.1. The monoisotopic (exact) mass is 489 g/mol. The summed E-state index contributed by atoms with van der Waals surface area (Å²) in [4.78, 5) is 34.7. The number of aliphatic imine (C=N–C) groups is 1. The maximum atomic E-state index is 13.4. The number of benzene rings is 2. The van der Waals surface area contributed by atoms with E-state index in [1.54, 1.807) is 4.90 Å². The van der Waals surface area contributed by atoms with Crippen molar-refractivity contribution < 1.29 is 9.59 Å². The minimum absolute atomic E-state index is 0.106. The number of thioether (sulfide) groups is 1. The third-order valence-corrected chi connectivity index (χ3v) is 7.50. The summed E-state index contributed by atoms with van der Waals surface area (Å²) in [6.07, 6.45) is 2.99. The number of hydrogen-bond donors (Lipinski definition) is 0. The number of aryl methyl sites for hydroxylation is 1. The van der Waals surface area contributed by atoms with Crippen LogP contribution in [0.25, 0.3) is 6.08 Å². The summed E-state index contributed by atoms with van der Waals surface area (Å²) in [6, 6.07) is 16.1. The Labute approximate surface area is 213 Å². The van der Waals surface area contributed by atoms with E-state index in [1.165, 1.54) is 17.3 Å². The zero-order chi connectivity index (χ0) is 25.1. The molecule has 2 amide bonds. The SMILES string of the molecule is Cc1ccc(N2C(=O)C(=Cc3ccc(C(C)C)cc3)N=C2SCC(=O)N2CC(C)CC(C)C2)cc1. The number of amides is 2. The van der Waals surface area contributed by atoms with E-state index < -0.39 is 0 Å². The predicted molar refractivity (Wildman–Crippen MR) is 147 cm³/mol. The Bertz CT molecular complexity index is 1130. The summed E-state index contributed by atoms with van der Waals surface area (Å²) >= 11 is 1.34. The van der Waals surface area contributed by atoms with Gasteiger partial charge in [-0.1, -0.05) is 81.4 Å². The van der Waals surface area contributed by atoms with Gasteiger partial charge in [-0.25, -0.2) is 4.99 Å². The van der Waals surface area contributed by atoms with E-state index in [9.17, 15) is 9.59 Å². The largest absolute Gasteiger partial charge is 0.341 e. The van der Waals surface area contributed by atoms with E-state index in [0.29, 0.717) is 28.6 Å². The molecule has 2 aliphatic heterocycles. The molecule has 0 N–H and O–H groups in total. The Morgan fingerprint density at radius 2 is 1.69 bits per heavy atom. The van der Waals surface area contributed by atoms with E-state index in [2.05, 4.69) is 39.8 Å². The third kappa shape index (κ3) is 6.04. The molecule has 6 heteroatoms. The van der Waals surface area contributed by atoms with Crippen molar-refractivity contribution in [3.05, 3.63) is 70.9 Å². The summed E-state index contributed by atoms with van der Waals surface area (Å²) in [7, 11) is 0. The molecule has 2 aromatic rings. The summed E-state index contributed by atoms with van der Waals surface area (Å²) < 4.78 is 0. The molecular weight excluding hydrogens is 454 g/mol. The van der Waals surface area contributed by atoms with Crippen molar-refractivity contribution in [3.63, 3.8) is 0 Å². The number of piperidine rings is 1. The van der Waals surface area contributed by atoms with Crippen LogP contribution in [0.3, 0.4) is 0 Å². The average Bonchev–Trinajstić information content (AvgIpc) is 3.12. The van der Waals surface area contributed by atoms with Gasteiger partial charge in [0.2, 0.25) is 5.91 Å². The highest BCUT2D eigenvalue weighted by molar-refractivity contribution is 8.14. The number of anilines is 1. The molecule has 0 spiro atoms. The molecule has 4 rings (SSSR count). The van der Waals surface area contributed by atoms with Gasteiger partial charge in [0, 0.05) is 13.1 Å². The predicted octanol–water partition coefficient (Wildman–Crippen LogP) is 6.10. The van der Waals surface area contributed by atoms with Crippen LogP contribution in [0.1, 0.15) is 56.7 Å². The molecular formula is C29H35N3O2S. The molecule has 1 saturated heterocycles. The van der Waals surface area contributed by atoms with Crippen LogP contribution < -0.4 is 4.90 Å². The van der Waals surface area contributed by atoms with Crippen molar-refractivity contribution in [2.45, 2.75) is 47.0 Å². The average molecular weight is 490 g/mol. The lowest BCUT2D eigenvalue weighted by Crippen LogP contribution is -2.43. The molecule has 2 atom stereocenters. The highest BCUT2D eigenvalue weighted by Gasteiger charge is 2.33. The van der Waals surface area contributed by atoms with Gasteiger partial charge in [0.25, 0.3) is 5.91 Å². The van der Waals surface area contributed by atoms with Gasteiger partial charge in [-0.15, -0.1) is 0 Å². The lowest BCUT2D eigenvalue weighted by molar-refractivity contribution is -0.131. The van der Waals surface area contributed by atoms with Gasteiger partial charge in [-0.3, -0.25) is 14.5 Å². The number of likely N-dealkylation sites (tertiary alicyclic amines) is 1. The fraction of sp³-hybridized carbons (Fsp3) is 0.414. The molecule has 0 aliphatic carbocycles. The molecule has 184 valence electrons. The van der Waals surface area contributed by atoms with Crippen LogP contribution in [0.2, 0.25) is 0 Å². The molecule has 0 aromatic heterocycles. The molecule has 2 aromatic carbocycles. The van der Waals surface area contributed by atoms with Crippen LogP contribution in [0.5, 0.6) is 0 Å². The van der Waals surface area contributed by atoms with Gasteiger partial charge in [0.15, 0.2) is 5.17 Å². The van der Waals surface area contributed by atoms with E-state index in [1.807, 2.05) is 54.3 Å². The van der Waals surface area contributed by atoms with Crippen LogP contribution in [-0.2, 0) is 9.59 Å². The maximum absolute atomic E-state index is 13.4. The first-order chi connectivity index (χ1) is 16.7. The smallest absolute Gasteiger partial charge is 0.283 e. The Morgan fingerprint density at radius 3 is 2.29 bits per heavy atom. The maximum Gasteiger partial charge on any atom is 0.283 e. The molecule has 1 fully saturated rings. The molecule has 5 nitrogen and oxygen atoms in total. The van der Waals surface area contributed by atoms with E-state index in [0.717, 1.165) is 36.3 Å². The summed E-state index contributed by atoms with van der Waals surface area (Å²) in [5, 5.41) is 0.551. The topological polar surface area (TPSA) is 53.0 Å². The second kappa shape index (κ2) is 10.8. The number of amidine groups is 1.